The Morgan fingerprint density at radius 3 is 3.00 bits per heavy atom. The molecule has 1 aromatic heterocycles. The Hall–Kier alpha value is -1.35. The van der Waals surface area contributed by atoms with E-state index in [1.165, 1.54) is 0 Å². The number of hydrogen-bond acceptors (Lipinski definition) is 2. The molecule has 0 radical (unpaired) electrons. The molecule has 0 aliphatic carbocycles. The first-order valence-corrected chi connectivity index (χ1v) is 4.19. The number of aldehydes is 1. The minimum absolute atomic E-state index is 0.495. The summed E-state index contributed by atoms with van der Waals surface area (Å²) in [5.74, 6) is 0. The van der Waals surface area contributed by atoms with Crippen molar-refractivity contribution in [3.05, 3.63) is 28.4 Å². The van der Waals surface area contributed by atoms with Crippen molar-refractivity contribution in [3.8, 4) is 0 Å². The molecule has 0 bridgehead atoms. The lowest BCUT2D eigenvalue weighted by Gasteiger charge is -1.96. The lowest BCUT2D eigenvalue weighted by molar-refractivity contribution is 0.112. The number of carbonyl (C=O) groups is 1. The highest BCUT2D eigenvalue weighted by Gasteiger charge is 2.06. The zero-order valence-electron chi connectivity index (χ0n) is 6.97. The van der Waals surface area contributed by atoms with Crippen LogP contribution in [-0.4, -0.2) is 16.5 Å². The van der Waals surface area contributed by atoms with Crippen LogP contribution in [-0.2, 0) is 0 Å². The Labute approximate surface area is 79.7 Å². The third-order valence-corrected chi connectivity index (χ3v) is 2.39. The van der Waals surface area contributed by atoms with Crippen molar-refractivity contribution in [2.75, 3.05) is 0 Å². The third kappa shape index (κ3) is 1.21. The highest BCUT2D eigenvalue weighted by Crippen LogP contribution is 2.23. The van der Waals surface area contributed by atoms with Gasteiger partial charge in [0.1, 0.15) is 5.69 Å². The lowest BCUT2D eigenvalue weighted by Crippen LogP contribution is -1.80. The largest absolute Gasteiger partial charge is 0.296 e. The fourth-order valence-electron chi connectivity index (χ4n) is 1.25. The van der Waals surface area contributed by atoms with E-state index in [4.69, 9.17) is 11.6 Å². The molecule has 66 valence electrons. The van der Waals surface area contributed by atoms with Gasteiger partial charge in [-0.15, -0.1) is 0 Å². The van der Waals surface area contributed by atoms with Gasteiger partial charge in [0.05, 0.1) is 5.52 Å². The minimum Gasteiger partial charge on any atom is -0.296 e. The molecule has 0 aliphatic heterocycles. The highest BCUT2D eigenvalue weighted by atomic mass is 35.5. The number of nitrogens with one attached hydrogen (secondary N) is 1. The molecule has 4 heteroatoms. The Morgan fingerprint density at radius 1 is 1.54 bits per heavy atom. The number of aryl methyl sites for hydroxylation is 1. The highest BCUT2D eigenvalue weighted by molar-refractivity contribution is 6.32. The summed E-state index contributed by atoms with van der Waals surface area (Å²) < 4.78 is 0. The standard InChI is InChI=1S/C9H7ClN2O/c1-5-2-6-8(3-7(5)10)11-12-9(6)4-13/h2-4H,1H3,(H,11,12). The molecule has 1 aromatic carbocycles. The van der Waals surface area contributed by atoms with Gasteiger partial charge in [-0.25, -0.2) is 0 Å². The molecular formula is C9H7ClN2O. The summed E-state index contributed by atoms with van der Waals surface area (Å²) in [5.41, 5.74) is 2.16. The molecule has 1 N–H and O–H groups in total. The topological polar surface area (TPSA) is 45.8 Å². The molecule has 0 saturated heterocycles. The van der Waals surface area contributed by atoms with Gasteiger partial charge in [0.25, 0.3) is 0 Å². The van der Waals surface area contributed by atoms with Crippen LogP contribution in [0.3, 0.4) is 0 Å². The number of carbonyl (C=O) groups excluding carboxylic acids is 1. The van der Waals surface area contributed by atoms with E-state index in [-0.39, 0.29) is 0 Å². The van der Waals surface area contributed by atoms with Crippen molar-refractivity contribution in [1.29, 1.82) is 0 Å². The summed E-state index contributed by atoms with van der Waals surface area (Å²) in [5, 5.41) is 8.07. The Morgan fingerprint density at radius 2 is 2.31 bits per heavy atom. The number of hydrogen-bond donors (Lipinski definition) is 1. The van der Waals surface area contributed by atoms with Crippen LogP contribution in [0, 0.1) is 6.92 Å². The molecule has 1 heterocycles. The van der Waals surface area contributed by atoms with Gasteiger partial charge in [-0.1, -0.05) is 11.6 Å². The van der Waals surface area contributed by atoms with Crippen LogP contribution in [0.25, 0.3) is 10.9 Å². The molecule has 3 nitrogen and oxygen atoms in total. The van der Waals surface area contributed by atoms with Crippen molar-refractivity contribution in [2.45, 2.75) is 6.92 Å². The van der Waals surface area contributed by atoms with Crippen LogP contribution in [0.5, 0.6) is 0 Å². The second-order valence-corrected chi connectivity index (χ2v) is 3.28. The predicted octanol–water partition coefficient (Wildman–Crippen LogP) is 2.34. The number of fused-ring (bicyclic) bond motifs is 1. The maximum absolute atomic E-state index is 10.6. The summed E-state index contributed by atoms with van der Waals surface area (Å²) in [6.45, 7) is 1.89. The maximum Gasteiger partial charge on any atom is 0.168 e. The van der Waals surface area contributed by atoms with E-state index >= 15 is 0 Å². The molecule has 0 fully saturated rings. The van der Waals surface area contributed by atoms with Gasteiger partial charge < -0.3 is 0 Å². The number of nitrogens with zero attached hydrogens (tertiary/aromatic N) is 1. The Kier molecular flexibility index (Phi) is 1.81. The van der Waals surface area contributed by atoms with E-state index in [2.05, 4.69) is 10.2 Å². The Bertz CT molecular complexity index is 476. The summed E-state index contributed by atoms with van der Waals surface area (Å²) in [7, 11) is 0. The summed E-state index contributed by atoms with van der Waals surface area (Å²) in [4.78, 5) is 10.6. The zero-order valence-corrected chi connectivity index (χ0v) is 7.72. The van der Waals surface area contributed by atoms with Crippen molar-refractivity contribution in [1.82, 2.24) is 10.2 Å². The number of H-pyrrole nitrogens is 1. The van der Waals surface area contributed by atoms with Crippen LogP contribution in [0.1, 0.15) is 16.1 Å². The molecule has 0 atom stereocenters. The SMILES string of the molecule is Cc1cc2c(C=O)[nH]nc2cc1Cl. The van der Waals surface area contributed by atoms with E-state index in [1.807, 2.05) is 13.0 Å². The predicted molar refractivity (Wildman–Crippen MR) is 51.2 cm³/mol. The molecule has 0 amide bonds. The average Bonchev–Trinajstić information content (AvgIpc) is 2.48. The zero-order chi connectivity index (χ0) is 9.42. The molecule has 0 aliphatic rings. The number of halogens is 1. The fourth-order valence-corrected chi connectivity index (χ4v) is 1.41. The second kappa shape index (κ2) is 2.85. The first kappa shape index (κ1) is 8.26. The molecule has 0 unspecified atom stereocenters. The molecule has 2 aromatic rings. The van der Waals surface area contributed by atoms with E-state index in [1.54, 1.807) is 6.07 Å². The molecular weight excluding hydrogens is 188 g/mol. The first-order valence-electron chi connectivity index (χ1n) is 3.82. The van der Waals surface area contributed by atoms with E-state index in [0.717, 1.165) is 22.8 Å². The van der Waals surface area contributed by atoms with Crippen molar-refractivity contribution < 1.29 is 4.79 Å². The van der Waals surface area contributed by atoms with Gasteiger partial charge in [-0.3, -0.25) is 9.89 Å². The van der Waals surface area contributed by atoms with Gasteiger partial charge in [0.15, 0.2) is 6.29 Å². The van der Waals surface area contributed by atoms with Crippen LogP contribution in [0.2, 0.25) is 5.02 Å². The van der Waals surface area contributed by atoms with E-state index < -0.39 is 0 Å². The quantitative estimate of drug-likeness (QED) is 0.709. The van der Waals surface area contributed by atoms with Crippen LogP contribution in [0.15, 0.2) is 12.1 Å². The lowest BCUT2D eigenvalue weighted by atomic mass is 10.1. The smallest absolute Gasteiger partial charge is 0.168 e. The Balaban J connectivity index is 2.84. The number of aromatic amines is 1. The maximum atomic E-state index is 10.6. The first-order chi connectivity index (χ1) is 6.22. The molecule has 0 saturated carbocycles. The molecule has 0 spiro atoms. The number of rotatable bonds is 1. The normalized spacial score (nSPS) is 10.6. The van der Waals surface area contributed by atoms with E-state index in [9.17, 15) is 4.79 Å². The monoisotopic (exact) mass is 194 g/mol. The third-order valence-electron chi connectivity index (χ3n) is 1.98. The average molecular weight is 195 g/mol. The second-order valence-electron chi connectivity index (χ2n) is 2.87. The van der Waals surface area contributed by atoms with Crippen molar-refractivity contribution >= 4 is 28.8 Å². The fraction of sp³-hybridized carbons (Fsp3) is 0.111. The summed E-state index contributed by atoms with van der Waals surface area (Å²) in [6.07, 6.45) is 0.753. The number of aromatic nitrogens is 2. The summed E-state index contributed by atoms with van der Waals surface area (Å²) >= 11 is 5.90. The van der Waals surface area contributed by atoms with Gasteiger partial charge >= 0.3 is 0 Å². The van der Waals surface area contributed by atoms with Crippen LogP contribution < -0.4 is 0 Å². The van der Waals surface area contributed by atoms with Crippen LogP contribution in [0.4, 0.5) is 0 Å². The van der Waals surface area contributed by atoms with Crippen molar-refractivity contribution in [2.24, 2.45) is 0 Å². The van der Waals surface area contributed by atoms with Gasteiger partial charge in [0, 0.05) is 10.4 Å². The van der Waals surface area contributed by atoms with Crippen molar-refractivity contribution in [3.63, 3.8) is 0 Å². The van der Waals surface area contributed by atoms with Gasteiger partial charge in [0.2, 0.25) is 0 Å². The molecule has 2 rings (SSSR count). The number of benzene rings is 1. The summed E-state index contributed by atoms with van der Waals surface area (Å²) in [6, 6.07) is 3.60. The van der Waals surface area contributed by atoms with Crippen LogP contribution >= 0.6 is 11.6 Å². The molecule has 13 heavy (non-hydrogen) atoms. The minimum atomic E-state index is 0.495. The van der Waals surface area contributed by atoms with Gasteiger partial charge in [-0.2, -0.15) is 5.10 Å². The van der Waals surface area contributed by atoms with Gasteiger partial charge in [-0.05, 0) is 24.6 Å². The van der Waals surface area contributed by atoms with E-state index in [0.29, 0.717) is 10.7 Å².